The van der Waals surface area contributed by atoms with Crippen LogP contribution in [-0.2, 0) is 13.5 Å². The number of hydrogen-bond acceptors (Lipinski definition) is 5. The molecule has 2 heterocycles. The van der Waals surface area contributed by atoms with Crippen LogP contribution in [0.2, 0.25) is 0 Å². The number of ether oxygens (including phenoxy) is 1. The van der Waals surface area contributed by atoms with Crippen LogP contribution < -0.4 is 10.1 Å². The summed E-state index contributed by atoms with van der Waals surface area (Å²) in [5.74, 6) is 2.18. The minimum Gasteiger partial charge on any atom is -0.481 e. The lowest BCUT2D eigenvalue weighted by Gasteiger charge is -2.11. The van der Waals surface area contributed by atoms with E-state index in [-0.39, 0.29) is 0 Å². The van der Waals surface area contributed by atoms with Gasteiger partial charge in [-0.3, -0.25) is 0 Å². The SMILES string of the molecule is CCCc1nc(-c2c(C)nn(C)c2OC)nc(NC)c1I. The first kappa shape index (κ1) is 16.0. The average molecular weight is 401 g/mol. The molecule has 0 bridgehead atoms. The van der Waals surface area contributed by atoms with Crippen molar-refractivity contribution in [1.29, 1.82) is 0 Å². The zero-order valence-electron chi connectivity index (χ0n) is 13.0. The third kappa shape index (κ3) is 2.97. The molecule has 6 nitrogen and oxygen atoms in total. The molecule has 0 saturated carbocycles. The van der Waals surface area contributed by atoms with E-state index in [4.69, 9.17) is 9.72 Å². The van der Waals surface area contributed by atoms with E-state index in [0.717, 1.165) is 39.2 Å². The number of aromatic nitrogens is 4. The zero-order chi connectivity index (χ0) is 15.6. The Morgan fingerprint density at radius 1 is 1.33 bits per heavy atom. The van der Waals surface area contributed by atoms with E-state index in [9.17, 15) is 0 Å². The highest BCUT2D eigenvalue weighted by Crippen LogP contribution is 2.32. The first-order valence-electron chi connectivity index (χ1n) is 6.85. The molecule has 0 saturated heterocycles. The number of rotatable bonds is 5. The van der Waals surface area contributed by atoms with Crippen molar-refractivity contribution in [3.63, 3.8) is 0 Å². The van der Waals surface area contributed by atoms with E-state index in [1.807, 2.05) is 21.0 Å². The molecule has 0 amide bonds. The molecule has 0 atom stereocenters. The van der Waals surface area contributed by atoms with E-state index in [0.29, 0.717) is 11.7 Å². The minimum atomic E-state index is 0.658. The standard InChI is InChI=1S/C14H20IN5O/c1-6-7-9-11(15)13(16-3)18-12(17-9)10-8(2)19-20(4)14(10)21-5/h6-7H2,1-5H3,(H,16,17,18). The predicted octanol–water partition coefficient (Wildman–Crippen LogP) is 2.79. The molecule has 2 aromatic heterocycles. The van der Waals surface area contributed by atoms with Gasteiger partial charge in [-0.2, -0.15) is 5.10 Å². The van der Waals surface area contributed by atoms with Crippen LogP contribution in [0.15, 0.2) is 0 Å². The fourth-order valence-electron chi connectivity index (χ4n) is 2.30. The van der Waals surface area contributed by atoms with E-state index in [1.54, 1.807) is 11.8 Å². The number of nitrogens with zero attached hydrogens (tertiary/aromatic N) is 4. The Morgan fingerprint density at radius 3 is 2.62 bits per heavy atom. The lowest BCUT2D eigenvalue weighted by molar-refractivity contribution is 0.374. The highest BCUT2D eigenvalue weighted by molar-refractivity contribution is 14.1. The Kier molecular flexibility index (Phi) is 5.02. The summed E-state index contributed by atoms with van der Waals surface area (Å²) in [6.07, 6.45) is 1.96. The molecule has 2 rings (SSSR count). The van der Waals surface area contributed by atoms with Gasteiger partial charge in [-0.25, -0.2) is 14.6 Å². The first-order chi connectivity index (χ1) is 10.0. The molecular formula is C14H20IN5O. The van der Waals surface area contributed by atoms with Crippen molar-refractivity contribution in [3.8, 4) is 17.3 Å². The van der Waals surface area contributed by atoms with Crippen molar-refractivity contribution in [3.05, 3.63) is 15.0 Å². The number of nitrogens with one attached hydrogen (secondary N) is 1. The summed E-state index contributed by atoms with van der Waals surface area (Å²) in [6, 6.07) is 0. The van der Waals surface area contributed by atoms with Crippen LogP contribution >= 0.6 is 22.6 Å². The lowest BCUT2D eigenvalue weighted by Crippen LogP contribution is -2.06. The normalized spacial score (nSPS) is 10.8. The monoisotopic (exact) mass is 401 g/mol. The van der Waals surface area contributed by atoms with E-state index >= 15 is 0 Å². The molecule has 0 radical (unpaired) electrons. The third-order valence-electron chi connectivity index (χ3n) is 3.23. The lowest BCUT2D eigenvalue weighted by atomic mass is 10.2. The zero-order valence-corrected chi connectivity index (χ0v) is 15.1. The number of halogens is 1. The smallest absolute Gasteiger partial charge is 0.222 e. The number of methoxy groups -OCH3 is 1. The van der Waals surface area contributed by atoms with Gasteiger partial charge < -0.3 is 10.1 Å². The van der Waals surface area contributed by atoms with Crippen LogP contribution in [0, 0.1) is 10.5 Å². The fourth-order valence-corrected chi connectivity index (χ4v) is 3.08. The molecule has 0 aliphatic heterocycles. The molecule has 0 aliphatic rings. The molecule has 0 spiro atoms. The van der Waals surface area contributed by atoms with Gasteiger partial charge in [0.15, 0.2) is 5.82 Å². The second kappa shape index (κ2) is 6.59. The summed E-state index contributed by atoms with van der Waals surface area (Å²) in [4.78, 5) is 9.36. The number of hydrogen-bond donors (Lipinski definition) is 1. The maximum absolute atomic E-state index is 5.45. The molecule has 0 fully saturated rings. The Balaban J connectivity index is 2.66. The summed E-state index contributed by atoms with van der Waals surface area (Å²) in [7, 11) is 5.36. The van der Waals surface area contributed by atoms with Crippen molar-refractivity contribution >= 4 is 28.4 Å². The molecule has 0 unspecified atom stereocenters. The Morgan fingerprint density at radius 2 is 2.05 bits per heavy atom. The van der Waals surface area contributed by atoms with Crippen LogP contribution in [0.5, 0.6) is 5.88 Å². The Hall–Kier alpha value is -1.38. The van der Waals surface area contributed by atoms with Crippen molar-refractivity contribution < 1.29 is 4.74 Å². The Bertz CT molecular complexity index is 653. The first-order valence-corrected chi connectivity index (χ1v) is 7.93. The summed E-state index contributed by atoms with van der Waals surface area (Å²) in [5, 5.41) is 7.54. The summed E-state index contributed by atoms with van der Waals surface area (Å²) in [6.45, 7) is 4.09. The molecule has 1 N–H and O–H groups in total. The van der Waals surface area contributed by atoms with Gasteiger partial charge in [0.1, 0.15) is 11.4 Å². The Labute approximate surface area is 138 Å². The minimum absolute atomic E-state index is 0.658. The average Bonchev–Trinajstić information content (AvgIpc) is 2.75. The van der Waals surface area contributed by atoms with Gasteiger partial charge in [0, 0.05) is 14.1 Å². The summed E-state index contributed by atoms with van der Waals surface area (Å²) < 4.78 is 8.24. The highest BCUT2D eigenvalue weighted by Gasteiger charge is 2.21. The van der Waals surface area contributed by atoms with Crippen molar-refractivity contribution in [1.82, 2.24) is 19.7 Å². The quantitative estimate of drug-likeness (QED) is 0.781. The van der Waals surface area contributed by atoms with Crippen LogP contribution in [0.25, 0.3) is 11.4 Å². The molecule has 21 heavy (non-hydrogen) atoms. The molecule has 114 valence electrons. The molecule has 0 aliphatic carbocycles. The second-order valence-electron chi connectivity index (χ2n) is 4.75. The van der Waals surface area contributed by atoms with Crippen LogP contribution in [-0.4, -0.2) is 33.9 Å². The van der Waals surface area contributed by atoms with Crippen molar-refractivity contribution in [2.24, 2.45) is 7.05 Å². The highest BCUT2D eigenvalue weighted by atomic mass is 127. The summed E-state index contributed by atoms with van der Waals surface area (Å²) >= 11 is 2.29. The fraction of sp³-hybridized carbons (Fsp3) is 0.500. The van der Waals surface area contributed by atoms with Gasteiger partial charge in [-0.05, 0) is 35.9 Å². The number of anilines is 1. The van der Waals surface area contributed by atoms with Crippen LogP contribution in [0.3, 0.4) is 0 Å². The van der Waals surface area contributed by atoms with E-state index in [2.05, 4.69) is 44.9 Å². The van der Waals surface area contributed by atoms with Gasteiger partial charge in [-0.1, -0.05) is 13.3 Å². The largest absolute Gasteiger partial charge is 0.481 e. The summed E-state index contributed by atoms with van der Waals surface area (Å²) in [5.41, 5.74) is 2.77. The number of aryl methyl sites for hydroxylation is 3. The van der Waals surface area contributed by atoms with E-state index in [1.165, 1.54) is 0 Å². The van der Waals surface area contributed by atoms with Crippen molar-refractivity contribution in [2.75, 3.05) is 19.5 Å². The van der Waals surface area contributed by atoms with Crippen LogP contribution in [0.1, 0.15) is 24.7 Å². The van der Waals surface area contributed by atoms with E-state index < -0.39 is 0 Å². The molecular weight excluding hydrogens is 381 g/mol. The maximum atomic E-state index is 5.45. The van der Waals surface area contributed by atoms with Gasteiger partial charge in [0.05, 0.1) is 22.1 Å². The maximum Gasteiger partial charge on any atom is 0.222 e. The molecule has 0 aromatic carbocycles. The van der Waals surface area contributed by atoms with Gasteiger partial charge >= 0.3 is 0 Å². The van der Waals surface area contributed by atoms with Crippen molar-refractivity contribution in [2.45, 2.75) is 26.7 Å². The van der Waals surface area contributed by atoms with Gasteiger partial charge in [0.2, 0.25) is 5.88 Å². The molecule has 7 heteroatoms. The van der Waals surface area contributed by atoms with Gasteiger partial charge in [0.25, 0.3) is 0 Å². The van der Waals surface area contributed by atoms with Gasteiger partial charge in [-0.15, -0.1) is 0 Å². The topological polar surface area (TPSA) is 64.9 Å². The predicted molar refractivity (Wildman–Crippen MR) is 91.8 cm³/mol. The molecule has 2 aromatic rings. The second-order valence-corrected chi connectivity index (χ2v) is 5.83. The van der Waals surface area contributed by atoms with Crippen LogP contribution in [0.4, 0.5) is 5.82 Å². The third-order valence-corrected chi connectivity index (χ3v) is 4.36.